The fourth-order valence-electron chi connectivity index (χ4n) is 0.607. The molecule has 0 aliphatic rings. The summed E-state index contributed by atoms with van der Waals surface area (Å²) in [6.45, 7) is 1.70. The third-order valence-corrected chi connectivity index (χ3v) is 1.12. The number of hydrogen-bond donors (Lipinski definition) is 1. The second-order valence-electron chi connectivity index (χ2n) is 1.79. The van der Waals surface area contributed by atoms with E-state index in [0.29, 0.717) is 17.5 Å². The molecule has 0 spiro atoms. The number of rotatable bonds is 1. The molecule has 52 valence electrons. The summed E-state index contributed by atoms with van der Waals surface area (Å²) in [5.41, 5.74) is 0.337. The summed E-state index contributed by atoms with van der Waals surface area (Å²) in [6.07, 6.45) is 0. The van der Waals surface area contributed by atoms with Crippen molar-refractivity contribution in [2.75, 3.05) is 12.4 Å². The van der Waals surface area contributed by atoms with Crippen LogP contribution in [-0.4, -0.2) is 12.0 Å². The van der Waals surface area contributed by atoms with E-state index < -0.39 is 0 Å². The molecule has 4 nitrogen and oxygen atoms in total. The van der Waals surface area contributed by atoms with Gasteiger partial charge in [-0.1, -0.05) is 0 Å². The van der Waals surface area contributed by atoms with Crippen molar-refractivity contribution in [1.29, 1.82) is 5.26 Å². The Balaban J connectivity index is 3.07. The van der Waals surface area contributed by atoms with Gasteiger partial charge in [0, 0.05) is 7.05 Å². The lowest BCUT2D eigenvalue weighted by Crippen LogP contribution is -1.86. The number of nitrogens with one attached hydrogen (secondary N) is 1. The first-order valence-electron chi connectivity index (χ1n) is 2.83. The van der Waals surface area contributed by atoms with Crippen molar-refractivity contribution >= 4 is 6.01 Å². The van der Waals surface area contributed by atoms with Crippen LogP contribution in [0.25, 0.3) is 0 Å². The van der Waals surface area contributed by atoms with Crippen LogP contribution >= 0.6 is 0 Å². The minimum atomic E-state index is 0.337. The fraction of sp³-hybridized carbons (Fsp3) is 0.333. The number of oxazole rings is 1. The third kappa shape index (κ3) is 0.935. The first kappa shape index (κ1) is 6.62. The summed E-state index contributed by atoms with van der Waals surface area (Å²) in [7, 11) is 1.69. The van der Waals surface area contributed by atoms with Gasteiger partial charge in [0.1, 0.15) is 11.8 Å². The Morgan fingerprint density at radius 3 is 2.70 bits per heavy atom. The number of aryl methyl sites for hydroxylation is 1. The molecule has 1 aromatic rings. The minimum absolute atomic E-state index is 0.337. The van der Waals surface area contributed by atoms with Crippen LogP contribution in [0.1, 0.15) is 11.5 Å². The van der Waals surface area contributed by atoms with E-state index >= 15 is 0 Å². The number of aromatic nitrogens is 1. The maximum atomic E-state index is 8.43. The molecule has 4 heteroatoms. The molecular weight excluding hydrogens is 130 g/mol. The van der Waals surface area contributed by atoms with Crippen molar-refractivity contribution in [1.82, 2.24) is 4.98 Å². The van der Waals surface area contributed by atoms with Gasteiger partial charge in [0.15, 0.2) is 5.69 Å². The number of hydrogen-bond acceptors (Lipinski definition) is 4. The van der Waals surface area contributed by atoms with Gasteiger partial charge in [-0.25, -0.2) is 0 Å². The average Bonchev–Trinajstić information content (AvgIpc) is 2.30. The van der Waals surface area contributed by atoms with Crippen LogP contribution in [0.5, 0.6) is 0 Å². The van der Waals surface area contributed by atoms with E-state index in [4.69, 9.17) is 9.68 Å². The van der Waals surface area contributed by atoms with Gasteiger partial charge < -0.3 is 9.73 Å². The summed E-state index contributed by atoms with van der Waals surface area (Å²) < 4.78 is 5.01. The molecule has 0 aliphatic heterocycles. The van der Waals surface area contributed by atoms with Crippen LogP contribution in [-0.2, 0) is 0 Å². The lowest BCUT2D eigenvalue weighted by molar-refractivity contribution is 0.543. The van der Waals surface area contributed by atoms with Crippen LogP contribution < -0.4 is 5.32 Å². The molecule has 0 aliphatic carbocycles. The predicted molar refractivity (Wildman–Crippen MR) is 35.5 cm³/mol. The monoisotopic (exact) mass is 137 g/mol. The van der Waals surface area contributed by atoms with Crippen LogP contribution in [0.2, 0.25) is 0 Å². The zero-order chi connectivity index (χ0) is 7.56. The maximum Gasteiger partial charge on any atom is 0.295 e. The molecule has 0 amide bonds. The quantitative estimate of drug-likeness (QED) is 0.624. The molecule has 10 heavy (non-hydrogen) atoms. The topological polar surface area (TPSA) is 61.9 Å². The van der Waals surface area contributed by atoms with E-state index in [2.05, 4.69) is 10.3 Å². The molecule has 0 radical (unpaired) electrons. The van der Waals surface area contributed by atoms with Gasteiger partial charge in [0.25, 0.3) is 6.01 Å². The normalized spacial score (nSPS) is 8.90. The minimum Gasteiger partial charge on any atom is -0.428 e. The molecule has 0 fully saturated rings. The van der Waals surface area contributed by atoms with Crippen molar-refractivity contribution in [2.45, 2.75) is 6.92 Å². The Morgan fingerprint density at radius 1 is 1.70 bits per heavy atom. The van der Waals surface area contributed by atoms with E-state index in [1.165, 1.54) is 0 Å². The van der Waals surface area contributed by atoms with Gasteiger partial charge in [-0.15, -0.1) is 0 Å². The van der Waals surface area contributed by atoms with Crippen molar-refractivity contribution in [3.8, 4) is 6.07 Å². The smallest absolute Gasteiger partial charge is 0.295 e. The Morgan fingerprint density at radius 2 is 2.40 bits per heavy atom. The molecule has 0 bridgehead atoms. The summed E-state index contributed by atoms with van der Waals surface area (Å²) in [4.78, 5) is 3.81. The van der Waals surface area contributed by atoms with E-state index in [0.717, 1.165) is 0 Å². The van der Waals surface area contributed by atoms with Gasteiger partial charge in [-0.05, 0) is 6.92 Å². The van der Waals surface area contributed by atoms with Gasteiger partial charge in [-0.3, -0.25) is 0 Å². The standard InChI is InChI=1S/C6H7N3O/c1-4-5(3-7)9-6(8-2)10-4/h1-2H3,(H,8,9). The summed E-state index contributed by atoms with van der Waals surface area (Å²) >= 11 is 0. The molecule has 0 atom stereocenters. The van der Waals surface area contributed by atoms with Gasteiger partial charge in [0.05, 0.1) is 0 Å². The van der Waals surface area contributed by atoms with E-state index in [9.17, 15) is 0 Å². The molecule has 0 saturated heterocycles. The lowest BCUT2D eigenvalue weighted by Gasteiger charge is -1.84. The highest BCUT2D eigenvalue weighted by atomic mass is 16.4. The van der Waals surface area contributed by atoms with Gasteiger partial charge in [-0.2, -0.15) is 10.2 Å². The summed E-state index contributed by atoms with van der Waals surface area (Å²) in [5.74, 6) is 0.548. The first-order chi connectivity index (χ1) is 4.77. The molecule has 1 heterocycles. The summed E-state index contributed by atoms with van der Waals surface area (Å²) in [6, 6.07) is 2.29. The van der Waals surface area contributed by atoms with Crippen LogP contribution in [0.15, 0.2) is 4.42 Å². The average molecular weight is 137 g/mol. The van der Waals surface area contributed by atoms with Crippen molar-refractivity contribution in [3.05, 3.63) is 11.5 Å². The molecule has 1 N–H and O–H groups in total. The fourth-order valence-corrected chi connectivity index (χ4v) is 0.607. The van der Waals surface area contributed by atoms with Gasteiger partial charge in [0.2, 0.25) is 0 Å². The summed E-state index contributed by atoms with van der Waals surface area (Å²) in [5, 5.41) is 11.1. The molecule has 0 saturated carbocycles. The number of nitriles is 1. The molecule has 0 aromatic carbocycles. The largest absolute Gasteiger partial charge is 0.428 e. The molecular formula is C6H7N3O. The molecule has 0 unspecified atom stereocenters. The van der Waals surface area contributed by atoms with Crippen LogP contribution in [0, 0.1) is 18.3 Å². The van der Waals surface area contributed by atoms with Crippen LogP contribution in [0.3, 0.4) is 0 Å². The highest BCUT2D eigenvalue weighted by Gasteiger charge is 2.05. The lowest BCUT2D eigenvalue weighted by atomic mass is 10.4. The Labute approximate surface area is 58.5 Å². The Kier molecular flexibility index (Phi) is 1.59. The third-order valence-electron chi connectivity index (χ3n) is 1.12. The highest BCUT2D eigenvalue weighted by Crippen LogP contribution is 2.11. The highest BCUT2D eigenvalue weighted by molar-refractivity contribution is 5.31. The van der Waals surface area contributed by atoms with Crippen molar-refractivity contribution < 1.29 is 4.42 Å². The number of anilines is 1. The second kappa shape index (κ2) is 2.40. The van der Waals surface area contributed by atoms with Gasteiger partial charge >= 0.3 is 0 Å². The molecule has 1 aromatic heterocycles. The molecule has 1 rings (SSSR count). The van der Waals surface area contributed by atoms with Crippen molar-refractivity contribution in [3.63, 3.8) is 0 Å². The zero-order valence-corrected chi connectivity index (χ0v) is 5.80. The van der Waals surface area contributed by atoms with Crippen molar-refractivity contribution in [2.24, 2.45) is 0 Å². The van der Waals surface area contributed by atoms with E-state index in [-0.39, 0.29) is 0 Å². The maximum absolute atomic E-state index is 8.43. The number of nitrogens with zero attached hydrogens (tertiary/aromatic N) is 2. The SMILES string of the molecule is CNc1nc(C#N)c(C)o1. The van der Waals surface area contributed by atoms with E-state index in [1.54, 1.807) is 14.0 Å². The zero-order valence-electron chi connectivity index (χ0n) is 5.80. The first-order valence-corrected chi connectivity index (χ1v) is 2.83. The van der Waals surface area contributed by atoms with Crippen LogP contribution in [0.4, 0.5) is 6.01 Å². The Hall–Kier alpha value is -1.50. The second-order valence-corrected chi connectivity index (χ2v) is 1.79. The predicted octanol–water partition coefficient (Wildman–Crippen LogP) is 0.896. The Bertz CT molecular complexity index is 271. The van der Waals surface area contributed by atoms with E-state index in [1.807, 2.05) is 6.07 Å².